The van der Waals surface area contributed by atoms with Gasteiger partial charge in [-0.3, -0.25) is 14.6 Å². The molecular weight excluding hydrogens is 504 g/mol. The number of hydrogen-bond acceptors (Lipinski definition) is 6. The van der Waals surface area contributed by atoms with Crippen molar-refractivity contribution in [3.63, 3.8) is 0 Å². The Morgan fingerprint density at radius 1 is 1.00 bits per heavy atom. The third kappa shape index (κ3) is 8.12. The fourth-order valence-electron chi connectivity index (χ4n) is 3.85. The van der Waals surface area contributed by atoms with Crippen molar-refractivity contribution in [2.75, 3.05) is 13.7 Å². The minimum Gasteiger partial charge on any atom is -0.497 e. The highest BCUT2D eigenvalue weighted by Gasteiger charge is 2.26. The van der Waals surface area contributed by atoms with E-state index in [1.807, 2.05) is 30.3 Å². The number of aryl methyl sites for hydroxylation is 1. The van der Waals surface area contributed by atoms with Crippen LogP contribution in [0.15, 0.2) is 78.0 Å². The van der Waals surface area contributed by atoms with Crippen molar-refractivity contribution >= 4 is 21.8 Å². The Kier molecular flexibility index (Phi) is 10.4. The summed E-state index contributed by atoms with van der Waals surface area (Å²) in [4.78, 5) is 32.2. The minimum absolute atomic E-state index is 0.162. The van der Waals surface area contributed by atoms with Gasteiger partial charge in [-0.15, -0.1) is 0 Å². The lowest BCUT2D eigenvalue weighted by Gasteiger charge is -2.29. The summed E-state index contributed by atoms with van der Waals surface area (Å²) >= 11 is 0. The summed E-state index contributed by atoms with van der Waals surface area (Å²) in [6.45, 7) is 4.29. The molecule has 0 saturated heterocycles. The molecule has 1 unspecified atom stereocenters. The third-order valence-electron chi connectivity index (χ3n) is 6.06. The molecule has 38 heavy (non-hydrogen) atoms. The van der Waals surface area contributed by atoms with Gasteiger partial charge in [0, 0.05) is 38.4 Å². The lowest BCUT2D eigenvalue weighted by Crippen LogP contribution is -2.47. The van der Waals surface area contributed by atoms with Crippen molar-refractivity contribution in [1.29, 1.82) is 0 Å². The van der Waals surface area contributed by atoms with E-state index in [0.717, 1.165) is 16.7 Å². The van der Waals surface area contributed by atoms with Gasteiger partial charge in [0.1, 0.15) is 11.8 Å². The molecule has 9 nitrogen and oxygen atoms in total. The van der Waals surface area contributed by atoms with Gasteiger partial charge in [0.25, 0.3) is 0 Å². The quantitative estimate of drug-likeness (QED) is 0.345. The van der Waals surface area contributed by atoms with Crippen LogP contribution in [0, 0.1) is 0 Å². The van der Waals surface area contributed by atoms with E-state index in [0.29, 0.717) is 25.3 Å². The number of ether oxygens (including phenoxy) is 1. The van der Waals surface area contributed by atoms with Gasteiger partial charge < -0.3 is 15.0 Å². The molecule has 2 amide bonds. The van der Waals surface area contributed by atoms with E-state index in [2.05, 4.69) is 15.0 Å². The molecule has 2 aromatic carbocycles. The molecule has 3 aromatic rings. The Balaban J connectivity index is 1.70. The van der Waals surface area contributed by atoms with E-state index in [9.17, 15) is 18.0 Å². The molecule has 10 heteroatoms. The Labute approximate surface area is 224 Å². The Hall–Kier alpha value is -3.76. The van der Waals surface area contributed by atoms with Gasteiger partial charge in [-0.05, 0) is 60.4 Å². The normalized spacial score (nSPS) is 12.0. The maximum absolute atomic E-state index is 13.4. The summed E-state index contributed by atoms with van der Waals surface area (Å²) in [5.74, 6) is 0.247. The number of nitrogens with zero attached hydrogens (tertiary/aromatic N) is 2. The summed E-state index contributed by atoms with van der Waals surface area (Å²) < 4.78 is 32.0. The van der Waals surface area contributed by atoms with Gasteiger partial charge in [0.2, 0.25) is 21.8 Å². The Morgan fingerprint density at radius 3 is 2.29 bits per heavy atom. The Bertz CT molecular complexity index is 1300. The minimum atomic E-state index is -3.54. The average molecular weight is 539 g/mol. The van der Waals surface area contributed by atoms with E-state index in [-0.39, 0.29) is 29.7 Å². The fraction of sp³-hybridized carbons (Fsp3) is 0.321. The predicted molar refractivity (Wildman–Crippen MR) is 145 cm³/mol. The van der Waals surface area contributed by atoms with Crippen molar-refractivity contribution in [3.05, 3.63) is 89.7 Å². The van der Waals surface area contributed by atoms with E-state index in [4.69, 9.17) is 4.74 Å². The zero-order chi connectivity index (χ0) is 27.5. The second kappa shape index (κ2) is 13.7. The summed E-state index contributed by atoms with van der Waals surface area (Å²) in [5.41, 5.74) is 2.55. The van der Waals surface area contributed by atoms with Crippen molar-refractivity contribution < 1.29 is 22.7 Å². The maximum Gasteiger partial charge on any atom is 0.242 e. The van der Waals surface area contributed by atoms with Crippen LogP contribution in [0.2, 0.25) is 0 Å². The molecule has 0 aliphatic heterocycles. The molecule has 1 heterocycles. The monoisotopic (exact) mass is 538 g/mol. The van der Waals surface area contributed by atoms with Crippen LogP contribution in [-0.4, -0.2) is 49.8 Å². The van der Waals surface area contributed by atoms with Gasteiger partial charge in [-0.2, -0.15) is 0 Å². The van der Waals surface area contributed by atoms with Gasteiger partial charge in [0.05, 0.1) is 12.0 Å². The average Bonchev–Trinajstić information content (AvgIpc) is 2.94. The van der Waals surface area contributed by atoms with E-state index >= 15 is 0 Å². The van der Waals surface area contributed by atoms with Crippen LogP contribution in [0.1, 0.15) is 37.0 Å². The molecule has 0 radical (unpaired) electrons. The SMILES string of the molecule is CCNS(=O)(=O)c1ccc(CCC(=O)N(Cc2ccc(OC)cc2)C(C)C(=O)NCc2cccnc2)cc1. The lowest BCUT2D eigenvalue weighted by atomic mass is 10.1. The molecule has 0 bridgehead atoms. The topological polar surface area (TPSA) is 118 Å². The van der Waals surface area contributed by atoms with Gasteiger partial charge >= 0.3 is 0 Å². The number of benzene rings is 2. The molecule has 2 N–H and O–H groups in total. The summed E-state index contributed by atoms with van der Waals surface area (Å²) in [6, 6.07) is 16.8. The first kappa shape index (κ1) is 28.8. The second-order valence-electron chi connectivity index (χ2n) is 8.77. The molecule has 1 aromatic heterocycles. The molecule has 0 aliphatic carbocycles. The van der Waals surface area contributed by atoms with Crippen molar-refractivity contribution in [2.45, 2.75) is 50.7 Å². The van der Waals surface area contributed by atoms with Crippen molar-refractivity contribution in [2.24, 2.45) is 0 Å². The van der Waals surface area contributed by atoms with Gasteiger partial charge in [-0.25, -0.2) is 13.1 Å². The number of nitrogens with one attached hydrogen (secondary N) is 2. The molecule has 3 rings (SSSR count). The number of methoxy groups -OCH3 is 1. The number of carbonyl (C=O) groups excluding carboxylic acids is 2. The number of carbonyl (C=O) groups is 2. The van der Waals surface area contributed by atoms with Crippen LogP contribution in [0.25, 0.3) is 0 Å². The van der Waals surface area contributed by atoms with Crippen LogP contribution < -0.4 is 14.8 Å². The number of rotatable bonds is 13. The largest absolute Gasteiger partial charge is 0.497 e. The van der Waals surface area contributed by atoms with E-state index < -0.39 is 16.1 Å². The number of sulfonamides is 1. The zero-order valence-electron chi connectivity index (χ0n) is 21.9. The molecule has 0 spiro atoms. The molecular formula is C28H34N4O5S. The second-order valence-corrected chi connectivity index (χ2v) is 10.5. The van der Waals surface area contributed by atoms with Crippen LogP contribution in [0.5, 0.6) is 5.75 Å². The number of hydrogen-bond donors (Lipinski definition) is 2. The number of aromatic nitrogens is 1. The van der Waals surface area contributed by atoms with Crippen LogP contribution >= 0.6 is 0 Å². The molecule has 0 aliphatic rings. The molecule has 202 valence electrons. The highest BCUT2D eigenvalue weighted by atomic mass is 32.2. The maximum atomic E-state index is 13.4. The van der Waals surface area contributed by atoms with Crippen molar-refractivity contribution in [3.8, 4) is 5.75 Å². The third-order valence-corrected chi connectivity index (χ3v) is 7.63. The highest BCUT2D eigenvalue weighted by Crippen LogP contribution is 2.17. The van der Waals surface area contributed by atoms with E-state index in [1.54, 1.807) is 56.4 Å². The van der Waals surface area contributed by atoms with E-state index in [1.165, 1.54) is 12.1 Å². The standard InChI is InChI=1S/C28H34N4O5S/c1-4-31-38(35,36)26-14-9-22(10-15-26)11-16-27(33)32(20-23-7-12-25(37-3)13-8-23)21(2)28(34)30-19-24-6-5-17-29-18-24/h5-10,12-15,17-18,21,31H,4,11,16,19-20H2,1-3H3,(H,30,34). The summed E-state index contributed by atoms with van der Waals surface area (Å²) in [7, 11) is -1.96. The molecule has 0 saturated carbocycles. The van der Waals surface area contributed by atoms with Gasteiger partial charge in [-0.1, -0.05) is 37.3 Å². The first-order valence-electron chi connectivity index (χ1n) is 12.4. The Morgan fingerprint density at radius 2 is 1.68 bits per heavy atom. The first-order valence-corrected chi connectivity index (χ1v) is 13.9. The smallest absolute Gasteiger partial charge is 0.242 e. The van der Waals surface area contributed by atoms with Crippen LogP contribution in [0.4, 0.5) is 0 Å². The van der Waals surface area contributed by atoms with Crippen molar-refractivity contribution in [1.82, 2.24) is 19.9 Å². The van der Waals surface area contributed by atoms with Crippen LogP contribution in [0.3, 0.4) is 0 Å². The predicted octanol–water partition coefficient (Wildman–Crippen LogP) is 3.05. The zero-order valence-corrected chi connectivity index (χ0v) is 22.7. The summed E-state index contributed by atoms with van der Waals surface area (Å²) in [5, 5.41) is 2.89. The molecule has 0 fully saturated rings. The molecule has 1 atom stereocenters. The lowest BCUT2D eigenvalue weighted by molar-refractivity contribution is -0.140. The van der Waals surface area contributed by atoms with Gasteiger partial charge in [0.15, 0.2) is 0 Å². The first-order chi connectivity index (χ1) is 18.2. The highest BCUT2D eigenvalue weighted by molar-refractivity contribution is 7.89. The number of pyridine rings is 1. The summed E-state index contributed by atoms with van der Waals surface area (Å²) in [6.07, 6.45) is 3.91. The number of amides is 2. The van der Waals surface area contributed by atoms with Crippen LogP contribution in [-0.2, 0) is 39.1 Å². The fourth-order valence-corrected chi connectivity index (χ4v) is 4.89.